The third-order valence-corrected chi connectivity index (χ3v) is 3.05. The largest absolute Gasteiger partial charge is 0.489 e. The summed E-state index contributed by atoms with van der Waals surface area (Å²) in [4.78, 5) is 22.1. The zero-order valence-corrected chi connectivity index (χ0v) is 13.0. The fourth-order valence-electron chi connectivity index (χ4n) is 1.84. The average molecular weight is 352 g/mol. The second kappa shape index (κ2) is 8.18. The van der Waals surface area contributed by atoms with Crippen molar-refractivity contribution in [2.24, 2.45) is 0 Å². The molecular weight excluding hydrogens is 337 g/mol. The van der Waals surface area contributed by atoms with Gasteiger partial charge in [0.25, 0.3) is 0 Å². The van der Waals surface area contributed by atoms with Crippen molar-refractivity contribution in [3.05, 3.63) is 60.2 Å². The Morgan fingerprint density at radius 1 is 0.960 bits per heavy atom. The maximum atomic E-state index is 12.0. The van der Waals surface area contributed by atoms with Crippen molar-refractivity contribution >= 4 is 17.5 Å². The molecule has 0 saturated heterocycles. The molecule has 0 radical (unpaired) electrons. The van der Waals surface area contributed by atoms with E-state index < -0.39 is 24.5 Å². The molecule has 0 atom stereocenters. The first-order valence-corrected chi connectivity index (χ1v) is 7.26. The Morgan fingerprint density at radius 3 is 2.20 bits per heavy atom. The SMILES string of the molecule is O=C(CNC(=O)C(F)(F)F)Nc1ccc(OCc2ccccc2)cc1. The van der Waals surface area contributed by atoms with Crippen molar-refractivity contribution in [1.82, 2.24) is 5.32 Å². The lowest BCUT2D eigenvalue weighted by Gasteiger charge is -2.10. The standard InChI is InChI=1S/C17H15F3N2O3/c18-17(19,20)16(24)21-10-15(23)22-13-6-8-14(9-7-13)25-11-12-4-2-1-3-5-12/h1-9H,10-11H2,(H,21,24)(H,22,23). The van der Waals surface area contributed by atoms with Crippen molar-refractivity contribution in [3.63, 3.8) is 0 Å². The van der Waals surface area contributed by atoms with Gasteiger partial charge >= 0.3 is 12.1 Å². The molecule has 0 aliphatic heterocycles. The fourth-order valence-corrected chi connectivity index (χ4v) is 1.84. The summed E-state index contributed by atoms with van der Waals surface area (Å²) >= 11 is 0. The number of hydrogen-bond donors (Lipinski definition) is 2. The molecule has 25 heavy (non-hydrogen) atoms. The Bertz CT molecular complexity index is 716. The number of amides is 2. The smallest absolute Gasteiger partial charge is 0.471 e. The quantitative estimate of drug-likeness (QED) is 0.840. The van der Waals surface area contributed by atoms with Crippen LogP contribution in [0.5, 0.6) is 5.75 Å². The van der Waals surface area contributed by atoms with E-state index in [-0.39, 0.29) is 0 Å². The number of alkyl halides is 3. The Balaban J connectivity index is 1.79. The third kappa shape index (κ3) is 6.17. The molecule has 0 unspecified atom stereocenters. The second-order valence-electron chi connectivity index (χ2n) is 5.03. The Kier molecular flexibility index (Phi) is 5.99. The van der Waals surface area contributed by atoms with E-state index in [1.807, 2.05) is 30.3 Å². The highest BCUT2D eigenvalue weighted by Crippen LogP contribution is 2.17. The number of carbonyl (C=O) groups excluding carboxylic acids is 2. The van der Waals surface area contributed by atoms with Gasteiger partial charge in [-0.05, 0) is 29.8 Å². The molecular formula is C17H15F3N2O3. The van der Waals surface area contributed by atoms with Crippen LogP contribution in [0.1, 0.15) is 5.56 Å². The molecule has 0 heterocycles. The maximum absolute atomic E-state index is 12.0. The number of ether oxygens (including phenoxy) is 1. The van der Waals surface area contributed by atoms with Crippen LogP contribution in [0.4, 0.5) is 18.9 Å². The summed E-state index contributed by atoms with van der Waals surface area (Å²) in [5.74, 6) is -2.35. The van der Waals surface area contributed by atoms with Crippen LogP contribution in [0.25, 0.3) is 0 Å². The van der Waals surface area contributed by atoms with Crippen molar-refractivity contribution in [2.45, 2.75) is 12.8 Å². The predicted molar refractivity (Wildman–Crippen MR) is 84.9 cm³/mol. The molecule has 0 spiro atoms. The van der Waals surface area contributed by atoms with Gasteiger partial charge in [0.15, 0.2) is 0 Å². The van der Waals surface area contributed by atoms with Gasteiger partial charge in [0, 0.05) is 5.69 Å². The molecule has 0 bridgehead atoms. The summed E-state index contributed by atoms with van der Waals surface area (Å²) in [7, 11) is 0. The zero-order valence-electron chi connectivity index (χ0n) is 13.0. The summed E-state index contributed by atoms with van der Waals surface area (Å²) in [6, 6.07) is 15.9. The molecule has 0 aliphatic rings. The number of anilines is 1. The molecule has 0 aliphatic carbocycles. The number of benzene rings is 2. The first-order chi connectivity index (χ1) is 11.8. The van der Waals surface area contributed by atoms with Gasteiger partial charge in [-0.2, -0.15) is 13.2 Å². The number of rotatable bonds is 6. The highest BCUT2D eigenvalue weighted by Gasteiger charge is 2.38. The lowest BCUT2D eigenvalue weighted by Crippen LogP contribution is -2.41. The van der Waals surface area contributed by atoms with Crippen LogP contribution in [0, 0.1) is 0 Å². The van der Waals surface area contributed by atoms with E-state index >= 15 is 0 Å². The molecule has 132 valence electrons. The topological polar surface area (TPSA) is 67.4 Å². The molecule has 0 saturated carbocycles. The van der Waals surface area contributed by atoms with Crippen LogP contribution < -0.4 is 15.4 Å². The van der Waals surface area contributed by atoms with Gasteiger partial charge in [-0.3, -0.25) is 9.59 Å². The number of halogens is 3. The van der Waals surface area contributed by atoms with Gasteiger partial charge in [0.1, 0.15) is 12.4 Å². The molecule has 2 N–H and O–H groups in total. The van der Waals surface area contributed by atoms with Gasteiger partial charge in [0.05, 0.1) is 6.54 Å². The van der Waals surface area contributed by atoms with E-state index in [1.165, 1.54) is 5.32 Å². The molecule has 0 aromatic heterocycles. The van der Waals surface area contributed by atoms with Crippen molar-refractivity contribution < 1.29 is 27.5 Å². The van der Waals surface area contributed by atoms with Gasteiger partial charge in [-0.25, -0.2) is 0 Å². The highest BCUT2D eigenvalue weighted by molar-refractivity contribution is 5.95. The minimum absolute atomic E-state index is 0.373. The van der Waals surface area contributed by atoms with Gasteiger partial charge in [-0.15, -0.1) is 0 Å². The molecule has 0 fully saturated rings. The monoisotopic (exact) mass is 352 g/mol. The van der Waals surface area contributed by atoms with E-state index in [0.717, 1.165) is 5.56 Å². The molecule has 2 amide bonds. The van der Waals surface area contributed by atoms with E-state index in [4.69, 9.17) is 4.74 Å². The molecule has 2 rings (SSSR count). The summed E-state index contributed by atoms with van der Waals surface area (Å²) in [6.07, 6.45) is -5.02. The van der Waals surface area contributed by atoms with Crippen LogP contribution in [-0.4, -0.2) is 24.5 Å². The predicted octanol–water partition coefficient (Wildman–Crippen LogP) is 2.88. The summed E-state index contributed by atoms with van der Waals surface area (Å²) in [5, 5.41) is 3.86. The van der Waals surface area contributed by atoms with Crippen molar-refractivity contribution in [1.29, 1.82) is 0 Å². The summed E-state index contributed by atoms with van der Waals surface area (Å²) in [6.45, 7) is -0.388. The van der Waals surface area contributed by atoms with Crippen LogP contribution >= 0.6 is 0 Å². The van der Waals surface area contributed by atoms with Crippen molar-refractivity contribution in [2.75, 3.05) is 11.9 Å². The van der Waals surface area contributed by atoms with Crippen molar-refractivity contribution in [3.8, 4) is 5.75 Å². The highest BCUT2D eigenvalue weighted by atomic mass is 19.4. The third-order valence-electron chi connectivity index (χ3n) is 3.05. The Labute approximate surface area is 141 Å². The van der Waals surface area contributed by atoms with Gasteiger partial charge < -0.3 is 15.4 Å². The minimum atomic E-state index is -5.02. The fraction of sp³-hybridized carbons (Fsp3) is 0.176. The minimum Gasteiger partial charge on any atom is -0.489 e. The lowest BCUT2D eigenvalue weighted by molar-refractivity contribution is -0.173. The van der Waals surface area contributed by atoms with E-state index in [9.17, 15) is 22.8 Å². The van der Waals surface area contributed by atoms with Crippen LogP contribution in [-0.2, 0) is 16.2 Å². The lowest BCUT2D eigenvalue weighted by atomic mass is 10.2. The normalized spacial score (nSPS) is 10.8. The Morgan fingerprint density at radius 2 is 1.60 bits per heavy atom. The van der Waals surface area contributed by atoms with E-state index in [2.05, 4.69) is 5.32 Å². The molecule has 8 heteroatoms. The molecule has 2 aromatic carbocycles. The summed E-state index contributed by atoms with van der Waals surface area (Å²) < 4.78 is 41.6. The first kappa shape index (κ1) is 18.3. The van der Waals surface area contributed by atoms with Crippen LogP contribution in [0.2, 0.25) is 0 Å². The zero-order chi connectivity index (χ0) is 18.3. The average Bonchev–Trinajstić information content (AvgIpc) is 2.59. The summed E-state index contributed by atoms with van der Waals surface area (Å²) in [5.41, 5.74) is 1.37. The van der Waals surface area contributed by atoms with E-state index in [1.54, 1.807) is 24.3 Å². The molecule has 2 aromatic rings. The second-order valence-corrected chi connectivity index (χ2v) is 5.03. The van der Waals surface area contributed by atoms with Gasteiger partial charge in [-0.1, -0.05) is 30.3 Å². The maximum Gasteiger partial charge on any atom is 0.471 e. The van der Waals surface area contributed by atoms with Crippen LogP contribution in [0.3, 0.4) is 0 Å². The number of carbonyl (C=O) groups is 2. The van der Waals surface area contributed by atoms with E-state index in [0.29, 0.717) is 18.0 Å². The molecule has 5 nitrogen and oxygen atoms in total. The Hall–Kier alpha value is -3.03. The number of hydrogen-bond acceptors (Lipinski definition) is 3. The van der Waals surface area contributed by atoms with Crippen LogP contribution in [0.15, 0.2) is 54.6 Å². The van der Waals surface area contributed by atoms with Gasteiger partial charge in [0.2, 0.25) is 5.91 Å². The first-order valence-electron chi connectivity index (χ1n) is 7.26. The number of nitrogens with one attached hydrogen (secondary N) is 2.